The lowest BCUT2D eigenvalue weighted by molar-refractivity contribution is 0.197. The van der Waals surface area contributed by atoms with E-state index in [1.807, 2.05) is 0 Å². The fourth-order valence-electron chi connectivity index (χ4n) is 1.52. The van der Waals surface area contributed by atoms with E-state index in [0.717, 1.165) is 0 Å². The lowest BCUT2D eigenvalue weighted by Crippen LogP contribution is -2.21. The molecule has 1 aromatic carbocycles. The quantitative estimate of drug-likeness (QED) is 0.800. The third-order valence-corrected chi connectivity index (χ3v) is 4.11. The van der Waals surface area contributed by atoms with Crippen LogP contribution >= 0.6 is 11.6 Å². The van der Waals surface area contributed by atoms with E-state index >= 15 is 0 Å². The minimum atomic E-state index is -3.44. The number of hydrogen-bond acceptors (Lipinski definition) is 3. The Morgan fingerprint density at radius 1 is 1.41 bits per heavy atom. The van der Waals surface area contributed by atoms with E-state index in [1.165, 1.54) is 7.05 Å². The lowest BCUT2D eigenvalue weighted by Gasteiger charge is -2.12. The number of methoxy groups -OCH3 is 1. The van der Waals surface area contributed by atoms with Crippen LogP contribution in [0.25, 0.3) is 0 Å². The molecule has 0 aliphatic rings. The number of nitrogens with one attached hydrogen (secondary N) is 1. The van der Waals surface area contributed by atoms with Crippen LogP contribution < -0.4 is 4.72 Å². The number of rotatable bonds is 6. The zero-order chi connectivity index (χ0) is 12.9. The Morgan fingerprint density at radius 2 is 2.06 bits per heavy atom. The van der Waals surface area contributed by atoms with Crippen LogP contribution in [0, 0.1) is 0 Å². The van der Waals surface area contributed by atoms with Crippen molar-refractivity contribution in [2.24, 2.45) is 0 Å². The summed E-state index contributed by atoms with van der Waals surface area (Å²) in [6, 6.07) is 6.81. The number of alkyl halides is 1. The van der Waals surface area contributed by atoms with Crippen molar-refractivity contribution in [1.29, 1.82) is 0 Å². The SMILES string of the molecule is CNS(=O)(=O)c1ccccc1CC(Cl)COC. The van der Waals surface area contributed by atoms with Crippen LogP contribution in [0.2, 0.25) is 0 Å². The summed E-state index contributed by atoms with van der Waals surface area (Å²) in [4.78, 5) is 0.268. The van der Waals surface area contributed by atoms with Gasteiger partial charge in [-0.25, -0.2) is 13.1 Å². The standard InChI is InChI=1S/C11H16ClNO3S/c1-13-17(14,15)11-6-4-3-5-9(11)7-10(12)8-16-2/h3-6,10,13H,7-8H2,1-2H3. The molecule has 1 atom stereocenters. The molecule has 0 fully saturated rings. The largest absolute Gasteiger partial charge is 0.383 e. The van der Waals surface area contributed by atoms with Crippen molar-refractivity contribution in [3.63, 3.8) is 0 Å². The van der Waals surface area contributed by atoms with Crippen molar-refractivity contribution in [2.75, 3.05) is 20.8 Å². The van der Waals surface area contributed by atoms with Gasteiger partial charge in [-0.15, -0.1) is 11.6 Å². The first-order chi connectivity index (χ1) is 8.01. The summed E-state index contributed by atoms with van der Waals surface area (Å²) in [6.07, 6.45) is 0.451. The maximum absolute atomic E-state index is 11.8. The summed E-state index contributed by atoms with van der Waals surface area (Å²) < 4.78 is 30.8. The second-order valence-electron chi connectivity index (χ2n) is 3.57. The number of hydrogen-bond donors (Lipinski definition) is 1. The van der Waals surface area contributed by atoms with Crippen molar-refractivity contribution in [3.05, 3.63) is 29.8 Å². The van der Waals surface area contributed by atoms with Crippen LogP contribution in [0.5, 0.6) is 0 Å². The molecule has 6 heteroatoms. The summed E-state index contributed by atoms with van der Waals surface area (Å²) in [7, 11) is -0.489. The average Bonchev–Trinajstić information content (AvgIpc) is 2.30. The van der Waals surface area contributed by atoms with Gasteiger partial charge in [-0.2, -0.15) is 0 Å². The number of sulfonamides is 1. The van der Waals surface area contributed by atoms with Crippen molar-refractivity contribution in [2.45, 2.75) is 16.7 Å². The number of ether oxygens (including phenoxy) is 1. The van der Waals surface area contributed by atoms with Gasteiger partial charge in [0.25, 0.3) is 0 Å². The molecule has 0 spiro atoms. The molecule has 1 rings (SSSR count). The van der Waals surface area contributed by atoms with Gasteiger partial charge in [0.15, 0.2) is 0 Å². The number of benzene rings is 1. The molecular formula is C11H16ClNO3S. The third kappa shape index (κ3) is 3.96. The monoisotopic (exact) mass is 277 g/mol. The summed E-state index contributed by atoms with van der Waals surface area (Å²) in [5, 5.41) is -0.242. The van der Waals surface area contributed by atoms with Crippen LogP contribution in [0.1, 0.15) is 5.56 Å². The van der Waals surface area contributed by atoms with E-state index in [2.05, 4.69) is 4.72 Å². The highest BCUT2D eigenvalue weighted by Gasteiger charge is 2.17. The highest BCUT2D eigenvalue weighted by atomic mass is 35.5. The molecule has 0 bridgehead atoms. The van der Waals surface area contributed by atoms with Crippen molar-refractivity contribution >= 4 is 21.6 Å². The minimum absolute atomic E-state index is 0.242. The predicted molar refractivity (Wildman–Crippen MR) is 67.9 cm³/mol. The van der Waals surface area contributed by atoms with Crippen molar-refractivity contribution < 1.29 is 13.2 Å². The van der Waals surface area contributed by atoms with E-state index < -0.39 is 10.0 Å². The molecule has 0 amide bonds. The van der Waals surface area contributed by atoms with Crippen LogP contribution in [-0.2, 0) is 21.2 Å². The molecule has 1 unspecified atom stereocenters. The second-order valence-corrected chi connectivity index (χ2v) is 6.04. The van der Waals surface area contributed by atoms with Crippen LogP contribution in [0.4, 0.5) is 0 Å². The molecule has 0 saturated heterocycles. The summed E-state index contributed by atoms with van der Waals surface area (Å²) >= 11 is 6.04. The molecular weight excluding hydrogens is 262 g/mol. The Labute approximate surface area is 107 Å². The van der Waals surface area contributed by atoms with Gasteiger partial charge in [-0.05, 0) is 25.1 Å². The van der Waals surface area contributed by atoms with Crippen LogP contribution in [-0.4, -0.2) is 34.6 Å². The predicted octanol–water partition coefficient (Wildman–Crippen LogP) is 1.39. The summed E-state index contributed by atoms with van der Waals surface area (Å²) in [5.41, 5.74) is 0.693. The van der Waals surface area contributed by atoms with Crippen LogP contribution in [0.15, 0.2) is 29.2 Å². The lowest BCUT2D eigenvalue weighted by atomic mass is 10.1. The van der Waals surface area contributed by atoms with Gasteiger partial charge in [-0.1, -0.05) is 18.2 Å². The van der Waals surface area contributed by atoms with Gasteiger partial charge in [-0.3, -0.25) is 0 Å². The second kappa shape index (κ2) is 6.35. The number of halogens is 1. The normalized spacial score (nSPS) is 13.6. The third-order valence-electron chi connectivity index (χ3n) is 2.32. The zero-order valence-corrected chi connectivity index (χ0v) is 11.4. The molecule has 17 heavy (non-hydrogen) atoms. The maximum Gasteiger partial charge on any atom is 0.240 e. The van der Waals surface area contributed by atoms with Crippen molar-refractivity contribution in [3.8, 4) is 0 Å². The molecule has 0 aliphatic carbocycles. The van der Waals surface area contributed by atoms with Gasteiger partial charge in [0.05, 0.1) is 16.9 Å². The molecule has 4 nitrogen and oxygen atoms in total. The molecule has 0 radical (unpaired) electrons. The first kappa shape index (κ1) is 14.4. The molecule has 0 saturated carbocycles. The molecule has 0 heterocycles. The van der Waals surface area contributed by atoms with E-state index in [1.54, 1.807) is 31.4 Å². The Kier molecular flexibility index (Phi) is 5.39. The molecule has 96 valence electrons. The van der Waals surface area contributed by atoms with Gasteiger partial charge < -0.3 is 4.74 Å². The zero-order valence-electron chi connectivity index (χ0n) is 9.81. The van der Waals surface area contributed by atoms with Gasteiger partial charge in [0.2, 0.25) is 10.0 Å². The molecule has 0 aromatic heterocycles. The smallest absolute Gasteiger partial charge is 0.240 e. The fourth-order valence-corrected chi connectivity index (χ4v) is 2.79. The van der Waals surface area contributed by atoms with Gasteiger partial charge >= 0.3 is 0 Å². The Hall–Kier alpha value is -0.620. The highest BCUT2D eigenvalue weighted by molar-refractivity contribution is 7.89. The van der Waals surface area contributed by atoms with Gasteiger partial charge in [0, 0.05) is 7.11 Å². The highest BCUT2D eigenvalue weighted by Crippen LogP contribution is 2.18. The molecule has 1 N–H and O–H groups in total. The molecule has 1 aromatic rings. The van der Waals surface area contributed by atoms with E-state index in [0.29, 0.717) is 18.6 Å². The Morgan fingerprint density at radius 3 is 2.65 bits per heavy atom. The van der Waals surface area contributed by atoms with Crippen LogP contribution in [0.3, 0.4) is 0 Å². The maximum atomic E-state index is 11.8. The van der Waals surface area contributed by atoms with E-state index in [9.17, 15) is 8.42 Å². The topological polar surface area (TPSA) is 55.4 Å². The summed E-state index contributed by atoms with van der Waals surface area (Å²) in [6.45, 7) is 0.384. The molecule has 0 aliphatic heterocycles. The van der Waals surface area contributed by atoms with Gasteiger partial charge in [0.1, 0.15) is 0 Å². The van der Waals surface area contributed by atoms with E-state index in [4.69, 9.17) is 16.3 Å². The summed E-state index contributed by atoms with van der Waals surface area (Å²) in [5.74, 6) is 0. The Balaban J connectivity index is 3.01. The first-order valence-electron chi connectivity index (χ1n) is 5.15. The Bertz CT molecular complexity index is 462. The first-order valence-corrected chi connectivity index (χ1v) is 7.07. The van der Waals surface area contributed by atoms with E-state index in [-0.39, 0.29) is 10.3 Å². The minimum Gasteiger partial charge on any atom is -0.383 e. The van der Waals surface area contributed by atoms with Crippen molar-refractivity contribution in [1.82, 2.24) is 4.72 Å². The fraction of sp³-hybridized carbons (Fsp3) is 0.455. The average molecular weight is 278 g/mol.